The first-order valence-electron chi connectivity index (χ1n) is 6.51. The predicted octanol–water partition coefficient (Wildman–Crippen LogP) is 4.13. The summed E-state index contributed by atoms with van der Waals surface area (Å²) in [7, 11) is 1.95. The largest absolute Gasteiger partial charge is 0.456 e. The summed E-state index contributed by atoms with van der Waals surface area (Å²) in [6.45, 7) is 2.96. The summed E-state index contributed by atoms with van der Waals surface area (Å²) in [5.41, 5.74) is 4.56. The SMILES string of the molecule is CNCc1ccc(-c2cc3cccc(C)c3o2)cc1. The molecule has 2 heteroatoms. The molecule has 3 aromatic rings. The molecule has 0 unspecified atom stereocenters. The van der Waals surface area contributed by atoms with Crippen LogP contribution in [-0.4, -0.2) is 7.05 Å². The maximum Gasteiger partial charge on any atom is 0.137 e. The second kappa shape index (κ2) is 4.90. The standard InChI is InChI=1S/C17H17NO/c1-12-4-3-5-15-10-16(19-17(12)15)14-8-6-13(7-9-14)11-18-2/h3-10,18H,11H2,1-2H3. The fraction of sp³-hybridized carbons (Fsp3) is 0.176. The molecule has 19 heavy (non-hydrogen) atoms. The molecule has 1 N–H and O–H groups in total. The van der Waals surface area contributed by atoms with Crippen LogP contribution in [0.1, 0.15) is 11.1 Å². The first kappa shape index (κ1) is 12.0. The number of rotatable bonds is 3. The third kappa shape index (κ3) is 2.27. The van der Waals surface area contributed by atoms with Crippen LogP contribution >= 0.6 is 0 Å². The molecule has 0 atom stereocenters. The van der Waals surface area contributed by atoms with Gasteiger partial charge in [-0.2, -0.15) is 0 Å². The van der Waals surface area contributed by atoms with Crippen molar-refractivity contribution in [3.05, 3.63) is 59.7 Å². The quantitative estimate of drug-likeness (QED) is 0.757. The Morgan fingerprint density at radius 3 is 2.53 bits per heavy atom. The Hall–Kier alpha value is -2.06. The minimum Gasteiger partial charge on any atom is -0.456 e. The van der Waals surface area contributed by atoms with Crippen molar-refractivity contribution in [2.24, 2.45) is 0 Å². The summed E-state index contributed by atoms with van der Waals surface area (Å²) in [6.07, 6.45) is 0. The molecule has 0 aliphatic carbocycles. The van der Waals surface area contributed by atoms with Crippen LogP contribution in [0.25, 0.3) is 22.3 Å². The zero-order chi connectivity index (χ0) is 13.2. The Morgan fingerprint density at radius 1 is 1.05 bits per heavy atom. The van der Waals surface area contributed by atoms with E-state index < -0.39 is 0 Å². The van der Waals surface area contributed by atoms with Gasteiger partial charge in [-0.3, -0.25) is 0 Å². The Balaban J connectivity index is 2.01. The van der Waals surface area contributed by atoms with Gasteiger partial charge in [0.1, 0.15) is 11.3 Å². The lowest BCUT2D eigenvalue weighted by molar-refractivity contribution is 0.629. The van der Waals surface area contributed by atoms with Crippen molar-refractivity contribution >= 4 is 11.0 Å². The number of hydrogen-bond acceptors (Lipinski definition) is 2. The molecule has 0 saturated heterocycles. The molecule has 0 aliphatic heterocycles. The van der Waals surface area contributed by atoms with Gasteiger partial charge in [0.2, 0.25) is 0 Å². The number of aryl methyl sites for hydroxylation is 1. The molecule has 0 aliphatic rings. The van der Waals surface area contributed by atoms with Crippen molar-refractivity contribution in [1.82, 2.24) is 5.32 Å². The van der Waals surface area contributed by atoms with Gasteiger partial charge in [-0.05, 0) is 31.2 Å². The lowest BCUT2D eigenvalue weighted by atomic mass is 10.1. The molecule has 0 spiro atoms. The third-order valence-electron chi connectivity index (χ3n) is 3.36. The minimum atomic E-state index is 0.888. The third-order valence-corrected chi connectivity index (χ3v) is 3.36. The van der Waals surface area contributed by atoms with Crippen molar-refractivity contribution in [2.45, 2.75) is 13.5 Å². The fourth-order valence-corrected chi connectivity index (χ4v) is 2.34. The van der Waals surface area contributed by atoms with Crippen LogP contribution in [0.2, 0.25) is 0 Å². The van der Waals surface area contributed by atoms with Gasteiger partial charge in [-0.1, -0.05) is 42.5 Å². The number of para-hydroxylation sites is 1. The van der Waals surface area contributed by atoms with Gasteiger partial charge in [-0.15, -0.1) is 0 Å². The molecule has 0 fully saturated rings. The summed E-state index contributed by atoms with van der Waals surface area (Å²) in [6, 6.07) is 16.8. The number of nitrogens with one attached hydrogen (secondary N) is 1. The van der Waals surface area contributed by atoms with E-state index in [-0.39, 0.29) is 0 Å². The molecule has 1 aromatic heterocycles. The van der Waals surface area contributed by atoms with Gasteiger partial charge >= 0.3 is 0 Å². The van der Waals surface area contributed by atoms with Crippen molar-refractivity contribution in [2.75, 3.05) is 7.05 Å². The molecular formula is C17H17NO. The maximum absolute atomic E-state index is 5.97. The Morgan fingerprint density at radius 2 is 1.84 bits per heavy atom. The van der Waals surface area contributed by atoms with Crippen molar-refractivity contribution < 1.29 is 4.42 Å². The molecule has 0 radical (unpaired) electrons. The Bertz CT molecular complexity index is 695. The molecule has 2 nitrogen and oxygen atoms in total. The van der Waals surface area contributed by atoms with Crippen LogP contribution in [0.15, 0.2) is 52.9 Å². The van der Waals surface area contributed by atoms with Crippen LogP contribution in [0.4, 0.5) is 0 Å². The maximum atomic E-state index is 5.97. The summed E-state index contributed by atoms with van der Waals surface area (Å²) >= 11 is 0. The molecular weight excluding hydrogens is 234 g/mol. The fourth-order valence-electron chi connectivity index (χ4n) is 2.34. The lowest BCUT2D eigenvalue weighted by Crippen LogP contribution is -2.04. The van der Waals surface area contributed by atoms with E-state index in [0.29, 0.717) is 0 Å². The van der Waals surface area contributed by atoms with Gasteiger partial charge in [0, 0.05) is 17.5 Å². The summed E-state index contributed by atoms with van der Waals surface area (Å²) in [5, 5.41) is 4.31. The summed E-state index contributed by atoms with van der Waals surface area (Å²) < 4.78 is 5.97. The number of benzene rings is 2. The highest BCUT2D eigenvalue weighted by Gasteiger charge is 2.07. The van der Waals surface area contributed by atoms with E-state index in [2.05, 4.69) is 60.8 Å². The van der Waals surface area contributed by atoms with Gasteiger partial charge < -0.3 is 9.73 Å². The van der Waals surface area contributed by atoms with E-state index in [1.807, 2.05) is 7.05 Å². The van der Waals surface area contributed by atoms with Gasteiger partial charge in [-0.25, -0.2) is 0 Å². The summed E-state index contributed by atoms with van der Waals surface area (Å²) in [5.74, 6) is 0.931. The number of furan rings is 1. The highest BCUT2D eigenvalue weighted by molar-refractivity contribution is 5.85. The summed E-state index contributed by atoms with van der Waals surface area (Å²) in [4.78, 5) is 0. The average Bonchev–Trinajstić information content (AvgIpc) is 2.85. The van der Waals surface area contributed by atoms with Crippen LogP contribution in [-0.2, 0) is 6.54 Å². The molecule has 0 saturated carbocycles. The second-order valence-corrected chi connectivity index (χ2v) is 4.83. The normalized spacial score (nSPS) is 11.1. The molecule has 3 rings (SSSR count). The van der Waals surface area contributed by atoms with Gasteiger partial charge in [0.15, 0.2) is 0 Å². The van der Waals surface area contributed by atoms with E-state index in [0.717, 1.165) is 28.8 Å². The minimum absolute atomic E-state index is 0.888. The molecule has 0 bridgehead atoms. The van der Waals surface area contributed by atoms with Gasteiger partial charge in [0.25, 0.3) is 0 Å². The zero-order valence-electron chi connectivity index (χ0n) is 11.2. The highest BCUT2D eigenvalue weighted by Crippen LogP contribution is 2.29. The first-order chi connectivity index (χ1) is 9.28. The van der Waals surface area contributed by atoms with E-state index in [9.17, 15) is 0 Å². The molecule has 1 heterocycles. The zero-order valence-corrected chi connectivity index (χ0v) is 11.2. The Labute approximate surface area is 113 Å². The lowest BCUT2D eigenvalue weighted by Gasteiger charge is -2.01. The van der Waals surface area contributed by atoms with E-state index >= 15 is 0 Å². The van der Waals surface area contributed by atoms with Crippen LogP contribution in [0, 0.1) is 6.92 Å². The van der Waals surface area contributed by atoms with Crippen molar-refractivity contribution in [3.8, 4) is 11.3 Å². The monoisotopic (exact) mass is 251 g/mol. The molecule has 0 amide bonds. The van der Waals surface area contributed by atoms with E-state index in [1.165, 1.54) is 11.1 Å². The molecule has 2 aromatic carbocycles. The number of fused-ring (bicyclic) bond motifs is 1. The van der Waals surface area contributed by atoms with E-state index in [1.54, 1.807) is 0 Å². The Kier molecular flexibility index (Phi) is 3.10. The average molecular weight is 251 g/mol. The van der Waals surface area contributed by atoms with Crippen LogP contribution in [0.5, 0.6) is 0 Å². The first-order valence-corrected chi connectivity index (χ1v) is 6.51. The predicted molar refractivity (Wildman–Crippen MR) is 79.2 cm³/mol. The van der Waals surface area contributed by atoms with Crippen LogP contribution < -0.4 is 5.32 Å². The smallest absolute Gasteiger partial charge is 0.137 e. The van der Waals surface area contributed by atoms with Gasteiger partial charge in [0.05, 0.1) is 0 Å². The molecule has 96 valence electrons. The van der Waals surface area contributed by atoms with Crippen LogP contribution in [0.3, 0.4) is 0 Å². The van der Waals surface area contributed by atoms with Crippen molar-refractivity contribution in [3.63, 3.8) is 0 Å². The van der Waals surface area contributed by atoms with Crippen molar-refractivity contribution in [1.29, 1.82) is 0 Å². The number of hydrogen-bond donors (Lipinski definition) is 1. The highest BCUT2D eigenvalue weighted by atomic mass is 16.3. The van der Waals surface area contributed by atoms with E-state index in [4.69, 9.17) is 4.42 Å². The second-order valence-electron chi connectivity index (χ2n) is 4.83. The topological polar surface area (TPSA) is 25.2 Å².